The molecule has 3 aromatic heterocycles. The monoisotopic (exact) mass is 345 g/mol. The molecule has 5 rings (SSSR count). The maximum Gasteiger partial charge on any atom is 0.326 e. The summed E-state index contributed by atoms with van der Waals surface area (Å²) in [5.74, 6) is 0.724. The van der Waals surface area contributed by atoms with Crippen molar-refractivity contribution in [2.24, 2.45) is 7.05 Å². The van der Waals surface area contributed by atoms with Gasteiger partial charge in [0.25, 0.3) is 0 Å². The van der Waals surface area contributed by atoms with Gasteiger partial charge in [0.15, 0.2) is 0 Å². The first-order valence-electron chi connectivity index (χ1n) is 8.14. The molecule has 0 aliphatic rings. The largest absolute Gasteiger partial charge is 0.496 e. The number of pyridine rings is 1. The first-order valence-corrected chi connectivity index (χ1v) is 8.14. The molecule has 0 spiro atoms. The standard InChI is InChI=1S/C19H15N5O2/c1-24-16-8-20-14-7-17(26-2)11(6-12(14)18(16)23-19(24)25)10-3-4-13-15(5-10)22-9-21-13/h3-9H,1-2H3,(H,21,22)(H,23,25). The molecule has 7 nitrogen and oxygen atoms in total. The summed E-state index contributed by atoms with van der Waals surface area (Å²) in [6.45, 7) is 0. The predicted molar refractivity (Wildman–Crippen MR) is 100 cm³/mol. The number of aryl methyl sites for hydroxylation is 1. The predicted octanol–water partition coefficient (Wildman–Crippen LogP) is 2.97. The lowest BCUT2D eigenvalue weighted by molar-refractivity contribution is 0.417. The maximum absolute atomic E-state index is 12.0. The van der Waals surface area contributed by atoms with Crippen molar-refractivity contribution in [2.45, 2.75) is 0 Å². The molecule has 0 saturated heterocycles. The Labute approximate surface area is 147 Å². The van der Waals surface area contributed by atoms with Gasteiger partial charge in [0, 0.05) is 24.1 Å². The molecular formula is C19H15N5O2. The Morgan fingerprint density at radius 1 is 1.12 bits per heavy atom. The van der Waals surface area contributed by atoms with E-state index in [4.69, 9.17) is 4.74 Å². The van der Waals surface area contributed by atoms with E-state index in [1.54, 1.807) is 31.2 Å². The third-order valence-electron chi connectivity index (χ3n) is 4.80. The van der Waals surface area contributed by atoms with Crippen LogP contribution < -0.4 is 10.4 Å². The molecule has 0 aliphatic heterocycles. The third-order valence-corrected chi connectivity index (χ3v) is 4.80. The number of H-pyrrole nitrogens is 2. The molecule has 0 radical (unpaired) electrons. The van der Waals surface area contributed by atoms with Crippen molar-refractivity contribution in [1.29, 1.82) is 0 Å². The van der Waals surface area contributed by atoms with Crippen LogP contribution in [0.4, 0.5) is 0 Å². The summed E-state index contributed by atoms with van der Waals surface area (Å²) in [6.07, 6.45) is 3.37. The molecule has 0 bridgehead atoms. The molecule has 0 aliphatic carbocycles. The number of imidazole rings is 2. The van der Waals surface area contributed by atoms with Crippen LogP contribution in [0.25, 0.3) is 44.1 Å². The van der Waals surface area contributed by atoms with Crippen LogP contribution in [0.15, 0.2) is 47.7 Å². The SMILES string of the molecule is COc1cc2ncc3c([nH]c(=O)n3C)c2cc1-c1ccc2nc[nH]c2c1. The van der Waals surface area contributed by atoms with E-state index in [0.29, 0.717) is 0 Å². The van der Waals surface area contributed by atoms with E-state index in [2.05, 4.69) is 19.9 Å². The Balaban J connectivity index is 1.86. The molecule has 7 heteroatoms. The van der Waals surface area contributed by atoms with Gasteiger partial charge in [0.1, 0.15) is 5.75 Å². The lowest BCUT2D eigenvalue weighted by Crippen LogP contribution is -2.11. The number of aromatic nitrogens is 5. The van der Waals surface area contributed by atoms with E-state index < -0.39 is 0 Å². The summed E-state index contributed by atoms with van der Waals surface area (Å²) in [6, 6.07) is 9.92. The molecule has 26 heavy (non-hydrogen) atoms. The Hall–Kier alpha value is -3.61. The zero-order chi connectivity index (χ0) is 17.8. The van der Waals surface area contributed by atoms with Crippen molar-refractivity contribution in [2.75, 3.05) is 7.11 Å². The van der Waals surface area contributed by atoms with Gasteiger partial charge in [-0.2, -0.15) is 0 Å². The number of hydrogen-bond donors (Lipinski definition) is 2. The van der Waals surface area contributed by atoms with Crippen molar-refractivity contribution in [3.63, 3.8) is 0 Å². The smallest absolute Gasteiger partial charge is 0.326 e. The fraction of sp³-hybridized carbons (Fsp3) is 0.105. The van der Waals surface area contributed by atoms with Gasteiger partial charge < -0.3 is 14.7 Å². The van der Waals surface area contributed by atoms with E-state index >= 15 is 0 Å². The Morgan fingerprint density at radius 2 is 2.00 bits per heavy atom. The topological polar surface area (TPSA) is 88.6 Å². The maximum atomic E-state index is 12.0. The third kappa shape index (κ3) is 1.97. The molecule has 2 N–H and O–H groups in total. The minimum atomic E-state index is -0.162. The van der Waals surface area contributed by atoms with Gasteiger partial charge in [-0.1, -0.05) is 6.07 Å². The Kier molecular flexibility index (Phi) is 2.94. The van der Waals surface area contributed by atoms with Gasteiger partial charge in [-0.3, -0.25) is 9.55 Å². The van der Waals surface area contributed by atoms with Crippen molar-refractivity contribution >= 4 is 33.0 Å². The van der Waals surface area contributed by atoms with Crippen LogP contribution in [-0.4, -0.2) is 31.6 Å². The average Bonchev–Trinajstić information content (AvgIpc) is 3.24. The van der Waals surface area contributed by atoms with E-state index in [-0.39, 0.29) is 5.69 Å². The number of rotatable bonds is 2. The quantitative estimate of drug-likeness (QED) is 0.515. The van der Waals surface area contributed by atoms with Crippen molar-refractivity contribution in [1.82, 2.24) is 24.5 Å². The second-order valence-electron chi connectivity index (χ2n) is 6.21. The summed E-state index contributed by atoms with van der Waals surface area (Å²) in [4.78, 5) is 26.8. The zero-order valence-corrected chi connectivity index (χ0v) is 14.2. The number of fused-ring (bicyclic) bond motifs is 4. The Bertz CT molecular complexity index is 1360. The summed E-state index contributed by atoms with van der Waals surface area (Å²) < 4.78 is 7.16. The van der Waals surface area contributed by atoms with Crippen LogP contribution in [0.2, 0.25) is 0 Å². The molecular weight excluding hydrogens is 330 g/mol. The van der Waals surface area contributed by atoms with E-state index in [1.807, 2.05) is 30.3 Å². The van der Waals surface area contributed by atoms with Crippen LogP contribution in [0.3, 0.4) is 0 Å². The number of nitrogens with one attached hydrogen (secondary N) is 2. The van der Waals surface area contributed by atoms with Crippen molar-refractivity contribution in [3.8, 4) is 16.9 Å². The minimum Gasteiger partial charge on any atom is -0.496 e. The second-order valence-corrected chi connectivity index (χ2v) is 6.21. The zero-order valence-electron chi connectivity index (χ0n) is 14.2. The van der Waals surface area contributed by atoms with Crippen LogP contribution in [0.1, 0.15) is 0 Å². The normalized spacial score (nSPS) is 11.6. The van der Waals surface area contributed by atoms with E-state index in [0.717, 1.165) is 49.8 Å². The van der Waals surface area contributed by atoms with E-state index in [1.165, 1.54) is 0 Å². The van der Waals surface area contributed by atoms with Crippen LogP contribution in [0, 0.1) is 0 Å². The number of aromatic amines is 2. The van der Waals surface area contributed by atoms with Crippen molar-refractivity contribution < 1.29 is 4.74 Å². The van der Waals surface area contributed by atoms with Gasteiger partial charge >= 0.3 is 5.69 Å². The van der Waals surface area contributed by atoms with E-state index in [9.17, 15) is 4.79 Å². The summed E-state index contributed by atoms with van der Waals surface area (Å²) >= 11 is 0. The molecule has 128 valence electrons. The van der Waals surface area contributed by atoms with Gasteiger partial charge in [-0.15, -0.1) is 0 Å². The first-order chi connectivity index (χ1) is 12.7. The Morgan fingerprint density at radius 3 is 2.85 bits per heavy atom. The lowest BCUT2D eigenvalue weighted by atomic mass is 10.0. The second kappa shape index (κ2) is 5.19. The van der Waals surface area contributed by atoms with Gasteiger partial charge in [-0.05, 0) is 23.8 Å². The molecule has 0 atom stereocenters. The molecule has 3 heterocycles. The highest BCUT2D eigenvalue weighted by molar-refractivity contribution is 6.04. The summed E-state index contributed by atoms with van der Waals surface area (Å²) in [5, 5.41) is 0.876. The summed E-state index contributed by atoms with van der Waals surface area (Å²) in [7, 11) is 3.37. The fourth-order valence-corrected chi connectivity index (χ4v) is 3.39. The lowest BCUT2D eigenvalue weighted by Gasteiger charge is -2.11. The number of ether oxygens (including phenoxy) is 1. The van der Waals surface area contributed by atoms with Gasteiger partial charge in [0.2, 0.25) is 0 Å². The fourth-order valence-electron chi connectivity index (χ4n) is 3.39. The highest BCUT2D eigenvalue weighted by atomic mass is 16.5. The van der Waals surface area contributed by atoms with Crippen LogP contribution >= 0.6 is 0 Å². The molecule has 0 unspecified atom stereocenters. The molecule has 5 aromatic rings. The molecule has 0 saturated carbocycles. The van der Waals surface area contributed by atoms with Crippen LogP contribution in [0.5, 0.6) is 5.75 Å². The average molecular weight is 345 g/mol. The van der Waals surface area contributed by atoms with Gasteiger partial charge in [0.05, 0.1) is 47.2 Å². The first kappa shape index (κ1) is 14.7. The molecule has 0 amide bonds. The number of hydrogen-bond acceptors (Lipinski definition) is 4. The molecule has 0 fully saturated rings. The minimum absolute atomic E-state index is 0.162. The highest BCUT2D eigenvalue weighted by Crippen LogP contribution is 2.36. The number of nitrogens with zero attached hydrogens (tertiary/aromatic N) is 3. The van der Waals surface area contributed by atoms with Gasteiger partial charge in [-0.25, -0.2) is 9.78 Å². The molecule has 2 aromatic carbocycles. The summed E-state index contributed by atoms with van der Waals surface area (Å²) in [5.41, 5.74) is 5.93. The van der Waals surface area contributed by atoms with Crippen molar-refractivity contribution in [3.05, 3.63) is 53.3 Å². The number of benzene rings is 2. The number of methoxy groups -OCH3 is 1. The highest BCUT2D eigenvalue weighted by Gasteiger charge is 2.14. The van der Waals surface area contributed by atoms with Crippen LogP contribution in [-0.2, 0) is 7.05 Å².